The highest BCUT2D eigenvalue weighted by Gasteiger charge is 2.23. The number of anilines is 2. The van der Waals surface area contributed by atoms with E-state index in [1.165, 1.54) is 16.9 Å². The van der Waals surface area contributed by atoms with Crippen molar-refractivity contribution in [1.82, 2.24) is 4.98 Å². The van der Waals surface area contributed by atoms with Crippen molar-refractivity contribution in [2.45, 2.75) is 19.3 Å². The van der Waals surface area contributed by atoms with Crippen molar-refractivity contribution in [3.63, 3.8) is 0 Å². The molecule has 1 aliphatic rings. The van der Waals surface area contributed by atoms with Gasteiger partial charge in [0.1, 0.15) is 0 Å². The molecule has 0 fully saturated rings. The van der Waals surface area contributed by atoms with Gasteiger partial charge in [-0.15, -0.1) is 11.3 Å². The molecule has 0 atom stereocenters. The normalized spacial score (nSPS) is 12.7. The number of benzene rings is 2. The molecule has 1 aromatic heterocycles. The molecule has 7 heteroatoms. The predicted octanol–water partition coefficient (Wildman–Crippen LogP) is 4.57. The number of fused-ring (bicyclic) bond motifs is 1. The highest BCUT2D eigenvalue weighted by atomic mass is 35.5. The summed E-state index contributed by atoms with van der Waals surface area (Å²) in [4.78, 5) is 31.1. The van der Waals surface area contributed by atoms with Gasteiger partial charge in [0.2, 0.25) is 5.91 Å². The van der Waals surface area contributed by atoms with Gasteiger partial charge in [-0.2, -0.15) is 0 Å². The van der Waals surface area contributed by atoms with Crippen LogP contribution in [0, 0.1) is 0 Å². The number of nitrogens with one attached hydrogen (secondary N) is 1. The fraction of sp³-hybridized carbons (Fsp3) is 0.190. The minimum absolute atomic E-state index is 0.102. The van der Waals surface area contributed by atoms with E-state index >= 15 is 0 Å². The Bertz CT molecular complexity index is 1020. The molecular formula is C21H18ClN3O2S. The molecule has 0 aliphatic carbocycles. The van der Waals surface area contributed by atoms with Crippen molar-refractivity contribution >= 4 is 45.6 Å². The zero-order valence-electron chi connectivity index (χ0n) is 15.0. The monoisotopic (exact) mass is 411 g/mol. The van der Waals surface area contributed by atoms with Crippen LogP contribution in [0.1, 0.15) is 28.0 Å². The van der Waals surface area contributed by atoms with Crippen LogP contribution in [-0.4, -0.2) is 23.3 Å². The van der Waals surface area contributed by atoms with Gasteiger partial charge in [-0.1, -0.05) is 29.8 Å². The molecule has 142 valence electrons. The lowest BCUT2D eigenvalue weighted by Crippen LogP contribution is -2.29. The number of para-hydroxylation sites is 1. The van der Waals surface area contributed by atoms with E-state index in [4.69, 9.17) is 11.6 Å². The predicted molar refractivity (Wildman–Crippen MR) is 112 cm³/mol. The second-order valence-corrected chi connectivity index (χ2v) is 7.82. The van der Waals surface area contributed by atoms with Crippen molar-refractivity contribution in [3.8, 4) is 0 Å². The molecule has 1 aliphatic heterocycles. The number of rotatable bonds is 5. The van der Waals surface area contributed by atoms with Crippen LogP contribution < -0.4 is 10.2 Å². The summed E-state index contributed by atoms with van der Waals surface area (Å²) in [6.45, 7) is 0.734. The number of carbonyl (C=O) groups excluding carboxylic acids is 2. The van der Waals surface area contributed by atoms with Crippen molar-refractivity contribution < 1.29 is 9.59 Å². The van der Waals surface area contributed by atoms with Gasteiger partial charge in [0, 0.05) is 34.6 Å². The van der Waals surface area contributed by atoms with Crippen LogP contribution in [0.4, 0.5) is 10.8 Å². The van der Waals surface area contributed by atoms with Crippen molar-refractivity contribution in [3.05, 3.63) is 75.8 Å². The highest BCUT2D eigenvalue weighted by molar-refractivity contribution is 7.14. The lowest BCUT2D eigenvalue weighted by Gasteiger charge is -2.16. The van der Waals surface area contributed by atoms with E-state index in [9.17, 15) is 9.59 Å². The van der Waals surface area contributed by atoms with Crippen LogP contribution in [0.2, 0.25) is 5.02 Å². The smallest absolute Gasteiger partial charge is 0.257 e. The molecule has 2 heterocycles. The standard InChI is InChI=1S/C21H18ClN3O2S/c22-16-7-5-15(6-8-16)20(27)24-21-23-17(13-28-21)9-10-19(26)25-12-11-14-3-1-2-4-18(14)25/h1-8,13H,9-12H2,(H,23,24,27). The van der Waals surface area contributed by atoms with Crippen molar-refractivity contribution in [1.29, 1.82) is 0 Å². The Morgan fingerprint density at radius 2 is 1.93 bits per heavy atom. The number of carbonyl (C=O) groups is 2. The van der Waals surface area contributed by atoms with Gasteiger partial charge in [0.05, 0.1) is 5.69 Å². The molecule has 2 amide bonds. The summed E-state index contributed by atoms with van der Waals surface area (Å²) in [7, 11) is 0. The van der Waals surface area contributed by atoms with Crippen LogP contribution in [0.5, 0.6) is 0 Å². The lowest BCUT2D eigenvalue weighted by molar-refractivity contribution is -0.118. The van der Waals surface area contributed by atoms with Gasteiger partial charge < -0.3 is 4.90 Å². The largest absolute Gasteiger partial charge is 0.312 e. The molecule has 1 N–H and O–H groups in total. The Morgan fingerprint density at radius 1 is 1.14 bits per heavy atom. The van der Waals surface area contributed by atoms with Crippen LogP contribution in [0.3, 0.4) is 0 Å². The molecule has 0 bridgehead atoms. The average Bonchev–Trinajstić information content (AvgIpc) is 3.33. The first-order chi connectivity index (χ1) is 13.6. The van der Waals surface area contributed by atoms with Crippen LogP contribution >= 0.6 is 22.9 Å². The zero-order chi connectivity index (χ0) is 19.5. The Hall–Kier alpha value is -2.70. The summed E-state index contributed by atoms with van der Waals surface area (Å²) in [6.07, 6.45) is 1.84. The summed E-state index contributed by atoms with van der Waals surface area (Å²) >= 11 is 7.20. The topological polar surface area (TPSA) is 62.3 Å². The molecule has 0 unspecified atom stereocenters. The van der Waals surface area contributed by atoms with Gasteiger partial charge in [-0.3, -0.25) is 14.9 Å². The number of nitrogens with zero attached hydrogens (tertiary/aromatic N) is 2. The first-order valence-corrected chi connectivity index (χ1v) is 10.3. The van der Waals surface area contributed by atoms with Crippen LogP contribution in [-0.2, 0) is 17.6 Å². The van der Waals surface area contributed by atoms with Gasteiger partial charge in [-0.25, -0.2) is 4.98 Å². The summed E-state index contributed by atoms with van der Waals surface area (Å²) in [6, 6.07) is 14.7. The Kier molecular flexibility index (Phi) is 5.41. The molecule has 28 heavy (non-hydrogen) atoms. The molecule has 0 spiro atoms. The molecule has 0 saturated heterocycles. The molecular weight excluding hydrogens is 394 g/mol. The third-order valence-electron chi connectivity index (χ3n) is 4.66. The summed E-state index contributed by atoms with van der Waals surface area (Å²) in [5.74, 6) is -0.132. The number of hydrogen-bond acceptors (Lipinski definition) is 4. The van der Waals surface area contributed by atoms with E-state index in [1.807, 2.05) is 28.5 Å². The summed E-state index contributed by atoms with van der Waals surface area (Å²) in [5.41, 5.74) is 3.56. The second kappa shape index (κ2) is 8.12. The lowest BCUT2D eigenvalue weighted by atomic mass is 10.2. The quantitative estimate of drug-likeness (QED) is 0.668. The van der Waals surface area contributed by atoms with E-state index in [1.54, 1.807) is 24.3 Å². The molecule has 3 aromatic rings. The minimum atomic E-state index is -0.234. The summed E-state index contributed by atoms with van der Waals surface area (Å²) in [5, 5.41) is 5.77. The van der Waals surface area contributed by atoms with E-state index in [0.29, 0.717) is 28.6 Å². The number of amides is 2. The van der Waals surface area contributed by atoms with Gasteiger partial charge in [0.15, 0.2) is 5.13 Å². The number of hydrogen-bond donors (Lipinski definition) is 1. The maximum atomic E-state index is 12.6. The van der Waals surface area contributed by atoms with Crippen LogP contribution in [0.15, 0.2) is 53.9 Å². The third-order valence-corrected chi connectivity index (χ3v) is 5.72. The maximum Gasteiger partial charge on any atom is 0.257 e. The summed E-state index contributed by atoms with van der Waals surface area (Å²) < 4.78 is 0. The van der Waals surface area contributed by atoms with Gasteiger partial charge in [-0.05, 0) is 48.7 Å². The van der Waals surface area contributed by atoms with E-state index in [2.05, 4.69) is 16.4 Å². The number of thiazole rings is 1. The Labute approximate surface area is 172 Å². The highest BCUT2D eigenvalue weighted by Crippen LogP contribution is 2.28. The maximum absolute atomic E-state index is 12.6. The van der Waals surface area contributed by atoms with E-state index in [-0.39, 0.29) is 11.8 Å². The van der Waals surface area contributed by atoms with Gasteiger partial charge in [0.25, 0.3) is 5.91 Å². The number of aromatic nitrogens is 1. The number of halogens is 1. The molecule has 0 saturated carbocycles. The fourth-order valence-corrected chi connectivity index (χ4v) is 4.08. The SMILES string of the molecule is O=C(Nc1nc(CCC(=O)N2CCc3ccccc32)cs1)c1ccc(Cl)cc1. The fourth-order valence-electron chi connectivity index (χ4n) is 3.22. The van der Waals surface area contributed by atoms with E-state index in [0.717, 1.165) is 24.3 Å². The third kappa shape index (κ3) is 4.08. The minimum Gasteiger partial charge on any atom is -0.312 e. The molecule has 4 rings (SSSR count). The average molecular weight is 412 g/mol. The first kappa shape index (κ1) is 18.7. The molecule has 0 radical (unpaired) electrons. The Morgan fingerprint density at radius 3 is 2.75 bits per heavy atom. The molecule has 5 nitrogen and oxygen atoms in total. The molecule has 2 aromatic carbocycles. The van der Waals surface area contributed by atoms with Crippen molar-refractivity contribution in [2.75, 3.05) is 16.8 Å². The Balaban J connectivity index is 1.33. The van der Waals surface area contributed by atoms with E-state index < -0.39 is 0 Å². The van der Waals surface area contributed by atoms with Gasteiger partial charge >= 0.3 is 0 Å². The van der Waals surface area contributed by atoms with Crippen LogP contribution in [0.25, 0.3) is 0 Å². The first-order valence-electron chi connectivity index (χ1n) is 9.00. The number of aryl methyl sites for hydroxylation is 1. The zero-order valence-corrected chi connectivity index (χ0v) is 16.6. The van der Waals surface area contributed by atoms with Crippen molar-refractivity contribution in [2.24, 2.45) is 0 Å². The second-order valence-electron chi connectivity index (χ2n) is 6.53.